The van der Waals surface area contributed by atoms with Crippen LogP contribution in [0.1, 0.15) is 5.69 Å². The van der Waals surface area contributed by atoms with Gasteiger partial charge in [0.2, 0.25) is 0 Å². The molecule has 13 heavy (non-hydrogen) atoms. The third-order valence-corrected chi connectivity index (χ3v) is 1.94. The highest BCUT2D eigenvalue weighted by Gasteiger charge is 2.02. The highest BCUT2D eigenvalue weighted by atomic mass is 16.3. The van der Waals surface area contributed by atoms with Crippen LogP contribution in [0.3, 0.4) is 0 Å². The number of nitrogens with zero attached hydrogens (tertiary/aromatic N) is 1. The number of hydrogen-bond donors (Lipinski definition) is 2. The van der Waals surface area contributed by atoms with E-state index in [9.17, 15) is 10.2 Å². The minimum absolute atomic E-state index is 0.0579. The first kappa shape index (κ1) is 7.86. The van der Waals surface area contributed by atoms with Gasteiger partial charge in [-0.3, -0.25) is 4.98 Å². The summed E-state index contributed by atoms with van der Waals surface area (Å²) in [7, 11) is 0. The molecular formula is C10H9NO2. The van der Waals surface area contributed by atoms with Crippen molar-refractivity contribution in [3.8, 4) is 11.5 Å². The van der Waals surface area contributed by atoms with Crippen LogP contribution in [-0.4, -0.2) is 15.2 Å². The summed E-state index contributed by atoms with van der Waals surface area (Å²) in [6.07, 6.45) is 1.60. The average molecular weight is 175 g/mol. The summed E-state index contributed by atoms with van der Waals surface area (Å²) in [5, 5.41) is 20.1. The van der Waals surface area contributed by atoms with Crippen LogP contribution in [0.2, 0.25) is 0 Å². The van der Waals surface area contributed by atoms with Crippen LogP contribution in [0.5, 0.6) is 11.5 Å². The van der Waals surface area contributed by atoms with E-state index >= 15 is 0 Å². The zero-order valence-corrected chi connectivity index (χ0v) is 7.15. The van der Waals surface area contributed by atoms with Gasteiger partial charge >= 0.3 is 0 Å². The van der Waals surface area contributed by atoms with Gasteiger partial charge in [-0.1, -0.05) is 0 Å². The van der Waals surface area contributed by atoms with Gasteiger partial charge in [-0.15, -0.1) is 0 Å². The number of aromatic nitrogens is 1. The molecule has 1 heterocycles. The molecule has 0 atom stereocenters. The van der Waals surface area contributed by atoms with Crippen LogP contribution in [-0.2, 0) is 0 Å². The van der Waals surface area contributed by atoms with E-state index in [1.54, 1.807) is 12.3 Å². The minimum atomic E-state index is 0.0579. The summed E-state index contributed by atoms with van der Waals surface area (Å²) in [5.41, 5.74) is 0.859. The topological polar surface area (TPSA) is 53.4 Å². The van der Waals surface area contributed by atoms with Gasteiger partial charge in [-0.05, 0) is 24.4 Å². The fourth-order valence-corrected chi connectivity index (χ4v) is 1.33. The van der Waals surface area contributed by atoms with Crippen LogP contribution in [0.15, 0.2) is 24.4 Å². The fraction of sp³-hybridized carbons (Fsp3) is 0.100. The maximum Gasteiger partial charge on any atom is 0.128 e. The first-order valence-electron chi connectivity index (χ1n) is 3.95. The number of aromatic hydroxyl groups is 2. The van der Waals surface area contributed by atoms with Crippen molar-refractivity contribution in [1.82, 2.24) is 4.98 Å². The van der Waals surface area contributed by atoms with Gasteiger partial charge < -0.3 is 10.2 Å². The van der Waals surface area contributed by atoms with E-state index in [2.05, 4.69) is 4.98 Å². The van der Waals surface area contributed by atoms with E-state index in [1.165, 1.54) is 6.07 Å². The average Bonchev–Trinajstić information content (AvgIpc) is 2.02. The van der Waals surface area contributed by atoms with E-state index in [1.807, 2.05) is 13.0 Å². The summed E-state index contributed by atoms with van der Waals surface area (Å²) in [6, 6.07) is 4.72. The predicted octanol–water partition coefficient (Wildman–Crippen LogP) is 1.95. The van der Waals surface area contributed by atoms with Crippen molar-refractivity contribution in [2.24, 2.45) is 0 Å². The van der Waals surface area contributed by atoms with E-state index in [0.29, 0.717) is 5.39 Å². The molecule has 0 bridgehead atoms. The molecule has 0 fully saturated rings. The molecule has 0 aliphatic rings. The van der Waals surface area contributed by atoms with Crippen molar-refractivity contribution in [2.75, 3.05) is 0 Å². The third-order valence-electron chi connectivity index (χ3n) is 1.94. The smallest absolute Gasteiger partial charge is 0.128 e. The lowest BCUT2D eigenvalue weighted by molar-refractivity contribution is 0.455. The van der Waals surface area contributed by atoms with Crippen molar-refractivity contribution in [1.29, 1.82) is 0 Å². The van der Waals surface area contributed by atoms with E-state index in [-0.39, 0.29) is 11.5 Å². The van der Waals surface area contributed by atoms with Gasteiger partial charge in [0.25, 0.3) is 0 Å². The van der Waals surface area contributed by atoms with Crippen molar-refractivity contribution < 1.29 is 10.2 Å². The molecule has 2 rings (SSSR count). The zero-order chi connectivity index (χ0) is 9.42. The molecule has 1 aromatic carbocycles. The van der Waals surface area contributed by atoms with E-state index in [0.717, 1.165) is 11.1 Å². The third kappa shape index (κ3) is 1.28. The summed E-state index contributed by atoms with van der Waals surface area (Å²) >= 11 is 0. The maximum absolute atomic E-state index is 9.44. The molecule has 3 nitrogen and oxygen atoms in total. The Hall–Kier alpha value is -1.77. The van der Waals surface area contributed by atoms with Gasteiger partial charge in [0, 0.05) is 23.3 Å². The molecule has 0 unspecified atom stereocenters. The van der Waals surface area contributed by atoms with Gasteiger partial charge in [-0.2, -0.15) is 0 Å². The number of phenols is 2. The van der Waals surface area contributed by atoms with Gasteiger partial charge in [-0.25, -0.2) is 0 Å². The molecule has 66 valence electrons. The van der Waals surface area contributed by atoms with E-state index in [4.69, 9.17) is 0 Å². The molecular weight excluding hydrogens is 166 g/mol. The SMILES string of the molecule is Cc1cc2cc(O)cc(O)c2cn1. The van der Waals surface area contributed by atoms with Crippen molar-refractivity contribution in [2.45, 2.75) is 6.92 Å². The Morgan fingerprint density at radius 2 is 1.92 bits per heavy atom. The quantitative estimate of drug-likeness (QED) is 0.643. The number of benzene rings is 1. The Morgan fingerprint density at radius 3 is 2.69 bits per heavy atom. The number of rotatable bonds is 0. The first-order chi connectivity index (χ1) is 6.16. The van der Waals surface area contributed by atoms with Crippen LogP contribution >= 0.6 is 0 Å². The van der Waals surface area contributed by atoms with Gasteiger partial charge in [0.05, 0.1) is 0 Å². The lowest BCUT2D eigenvalue weighted by Gasteiger charge is -2.02. The molecule has 0 aliphatic carbocycles. The van der Waals surface area contributed by atoms with Gasteiger partial charge in [0.15, 0.2) is 0 Å². The summed E-state index contributed by atoms with van der Waals surface area (Å²) in [6.45, 7) is 1.86. The molecule has 3 heteroatoms. The standard InChI is InChI=1S/C10H9NO2/c1-6-2-7-3-8(12)4-10(13)9(7)5-11-6/h2-5,12-13H,1H3. The van der Waals surface area contributed by atoms with Crippen molar-refractivity contribution in [3.63, 3.8) is 0 Å². The van der Waals surface area contributed by atoms with Crippen LogP contribution < -0.4 is 0 Å². The maximum atomic E-state index is 9.44. The number of aryl methyl sites for hydroxylation is 1. The Kier molecular flexibility index (Phi) is 1.59. The second kappa shape index (κ2) is 2.62. The molecule has 0 radical (unpaired) electrons. The van der Waals surface area contributed by atoms with E-state index < -0.39 is 0 Å². The molecule has 0 spiro atoms. The van der Waals surface area contributed by atoms with Crippen molar-refractivity contribution in [3.05, 3.63) is 30.1 Å². The number of pyridine rings is 1. The summed E-state index contributed by atoms with van der Waals surface area (Å²) in [5.74, 6) is 0.123. The molecule has 0 saturated heterocycles. The molecule has 1 aromatic heterocycles. The molecule has 0 amide bonds. The minimum Gasteiger partial charge on any atom is -0.508 e. The number of fused-ring (bicyclic) bond motifs is 1. The lowest BCUT2D eigenvalue weighted by atomic mass is 10.1. The Balaban J connectivity index is 2.86. The van der Waals surface area contributed by atoms with Crippen LogP contribution in [0, 0.1) is 6.92 Å². The largest absolute Gasteiger partial charge is 0.508 e. The van der Waals surface area contributed by atoms with Crippen LogP contribution in [0.25, 0.3) is 10.8 Å². The second-order valence-corrected chi connectivity index (χ2v) is 3.01. The monoisotopic (exact) mass is 175 g/mol. The highest BCUT2D eigenvalue weighted by Crippen LogP contribution is 2.28. The Morgan fingerprint density at radius 1 is 1.15 bits per heavy atom. The first-order valence-corrected chi connectivity index (χ1v) is 3.95. The zero-order valence-electron chi connectivity index (χ0n) is 7.15. The summed E-state index contributed by atoms with van der Waals surface area (Å²) < 4.78 is 0. The molecule has 0 aliphatic heterocycles. The number of hydrogen-bond acceptors (Lipinski definition) is 3. The fourth-order valence-electron chi connectivity index (χ4n) is 1.33. The predicted molar refractivity (Wildman–Crippen MR) is 49.8 cm³/mol. The lowest BCUT2D eigenvalue weighted by Crippen LogP contribution is -1.81. The van der Waals surface area contributed by atoms with Crippen molar-refractivity contribution >= 4 is 10.8 Å². The Labute approximate surface area is 75.3 Å². The second-order valence-electron chi connectivity index (χ2n) is 3.01. The highest BCUT2D eigenvalue weighted by molar-refractivity contribution is 5.88. The normalized spacial score (nSPS) is 10.5. The molecule has 0 saturated carbocycles. The number of phenolic OH excluding ortho intramolecular Hbond substituents is 2. The van der Waals surface area contributed by atoms with Gasteiger partial charge in [0.1, 0.15) is 11.5 Å². The molecule has 2 aromatic rings. The van der Waals surface area contributed by atoms with Crippen LogP contribution in [0.4, 0.5) is 0 Å². The molecule has 2 N–H and O–H groups in total. The Bertz CT molecular complexity index is 460. The summed E-state index contributed by atoms with van der Waals surface area (Å²) in [4.78, 5) is 4.06.